The van der Waals surface area contributed by atoms with Gasteiger partial charge in [0.2, 0.25) is 11.8 Å². The molecule has 2 heterocycles. The Labute approximate surface area is 359 Å². The lowest BCUT2D eigenvalue weighted by Crippen LogP contribution is -2.11. The third kappa shape index (κ3) is 7.06. The number of hydrogen-bond donors (Lipinski definition) is 0. The van der Waals surface area contributed by atoms with Crippen LogP contribution in [0, 0.1) is 0 Å². The lowest BCUT2D eigenvalue weighted by molar-refractivity contribution is 0.619. The summed E-state index contributed by atoms with van der Waals surface area (Å²) >= 11 is 0. The van der Waals surface area contributed by atoms with Gasteiger partial charge >= 0.3 is 0 Å². The van der Waals surface area contributed by atoms with E-state index in [4.69, 9.17) is 18.8 Å². The first-order valence-electron chi connectivity index (χ1n) is 20.6. The lowest BCUT2D eigenvalue weighted by Gasteiger charge is -2.28. The summed E-state index contributed by atoms with van der Waals surface area (Å²) in [5, 5.41) is 0. The van der Waals surface area contributed by atoms with Crippen LogP contribution >= 0.6 is 0 Å². The third-order valence-electron chi connectivity index (χ3n) is 11.2. The minimum absolute atomic E-state index is 0.607. The highest BCUT2D eigenvalue weighted by Crippen LogP contribution is 2.42. The maximum absolute atomic E-state index is 6.09. The van der Waals surface area contributed by atoms with Gasteiger partial charge in [0.15, 0.2) is 11.2 Å². The average molecular weight is 799 g/mol. The summed E-state index contributed by atoms with van der Waals surface area (Å²) < 4.78 is 12.1. The molecule has 0 radical (unpaired) electrons. The first-order valence-corrected chi connectivity index (χ1v) is 20.6. The van der Waals surface area contributed by atoms with Gasteiger partial charge in [-0.15, -0.1) is 0 Å². The van der Waals surface area contributed by atoms with E-state index in [0.29, 0.717) is 11.8 Å². The average Bonchev–Trinajstić information content (AvgIpc) is 3.99. The summed E-state index contributed by atoms with van der Waals surface area (Å²) in [4.78, 5) is 14.0. The number of para-hydroxylation sites is 7. The van der Waals surface area contributed by atoms with Gasteiger partial charge in [-0.05, 0) is 132 Å². The maximum Gasteiger partial charge on any atom is 0.227 e. The largest absolute Gasteiger partial charge is 0.436 e. The smallest absolute Gasteiger partial charge is 0.227 e. The maximum atomic E-state index is 6.09. The van der Waals surface area contributed by atoms with Crippen molar-refractivity contribution in [2.75, 3.05) is 9.80 Å². The highest BCUT2D eigenvalue weighted by atomic mass is 16.4. The predicted molar refractivity (Wildman–Crippen MR) is 253 cm³/mol. The Morgan fingerprint density at radius 2 is 0.629 bits per heavy atom. The summed E-state index contributed by atoms with van der Waals surface area (Å²) in [7, 11) is 0. The monoisotopic (exact) mass is 798 g/mol. The molecule has 6 nitrogen and oxygen atoms in total. The molecule has 0 aliphatic heterocycles. The number of nitrogens with zero attached hydrogens (tertiary/aromatic N) is 4. The molecular weight excluding hydrogens is 761 g/mol. The minimum atomic E-state index is 0.607. The second-order valence-electron chi connectivity index (χ2n) is 15.1. The molecule has 62 heavy (non-hydrogen) atoms. The fourth-order valence-electron chi connectivity index (χ4n) is 8.08. The fraction of sp³-hybridized carbons (Fsp3) is 0. The van der Waals surface area contributed by atoms with E-state index in [1.807, 2.05) is 60.7 Å². The number of benzene rings is 9. The zero-order valence-electron chi connectivity index (χ0n) is 33.5. The van der Waals surface area contributed by atoms with Gasteiger partial charge in [-0.25, -0.2) is 9.97 Å². The third-order valence-corrected chi connectivity index (χ3v) is 11.2. The Bertz CT molecular complexity index is 3200. The van der Waals surface area contributed by atoms with Crippen molar-refractivity contribution in [1.29, 1.82) is 0 Å². The predicted octanol–water partition coefficient (Wildman–Crippen LogP) is 15.6. The zero-order valence-corrected chi connectivity index (χ0v) is 33.5. The highest BCUT2D eigenvalue weighted by Gasteiger charge is 2.19. The Kier molecular flexibility index (Phi) is 9.41. The van der Waals surface area contributed by atoms with E-state index in [1.54, 1.807) is 0 Å². The van der Waals surface area contributed by atoms with Crippen LogP contribution < -0.4 is 9.80 Å². The van der Waals surface area contributed by atoms with Gasteiger partial charge < -0.3 is 18.6 Å². The van der Waals surface area contributed by atoms with E-state index < -0.39 is 0 Å². The van der Waals surface area contributed by atoms with Crippen molar-refractivity contribution < 1.29 is 8.83 Å². The lowest BCUT2D eigenvalue weighted by atomic mass is 9.98. The fourth-order valence-corrected chi connectivity index (χ4v) is 8.08. The molecule has 6 heteroatoms. The molecule has 0 fully saturated rings. The van der Waals surface area contributed by atoms with Crippen LogP contribution in [0.3, 0.4) is 0 Å². The van der Waals surface area contributed by atoms with E-state index in [2.05, 4.69) is 180 Å². The van der Waals surface area contributed by atoms with Crippen molar-refractivity contribution in [3.05, 3.63) is 231 Å². The molecule has 0 amide bonds. The molecule has 11 aromatic rings. The van der Waals surface area contributed by atoms with Crippen LogP contribution in [0.1, 0.15) is 0 Å². The topological polar surface area (TPSA) is 58.5 Å². The first kappa shape index (κ1) is 36.6. The van der Waals surface area contributed by atoms with Gasteiger partial charge in [-0.3, -0.25) is 0 Å². The summed E-state index contributed by atoms with van der Waals surface area (Å²) in [6, 6.07) is 79.7. The van der Waals surface area contributed by atoms with Crippen LogP contribution in [0.4, 0.5) is 34.1 Å². The summed E-state index contributed by atoms with van der Waals surface area (Å²) in [6.45, 7) is 0. The van der Waals surface area contributed by atoms with Crippen molar-refractivity contribution in [3.63, 3.8) is 0 Å². The van der Waals surface area contributed by atoms with Crippen LogP contribution in [0.2, 0.25) is 0 Å². The highest BCUT2D eigenvalue weighted by molar-refractivity contribution is 5.89. The molecule has 0 N–H and O–H groups in total. The molecule has 0 saturated carbocycles. The number of fused-ring (bicyclic) bond motifs is 2. The normalized spacial score (nSPS) is 11.2. The molecule has 0 saturated heterocycles. The molecule has 2 aromatic heterocycles. The van der Waals surface area contributed by atoms with Gasteiger partial charge in [-0.2, -0.15) is 0 Å². The van der Waals surface area contributed by atoms with Gasteiger partial charge in [0, 0.05) is 45.1 Å². The summed E-state index contributed by atoms with van der Waals surface area (Å²) in [5.41, 5.74) is 16.0. The van der Waals surface area contributed by atoms with Crippen LogP contribution in [0.15, 0.2) is 239 Å². The number of rotatable bonds is 10. The molecule has 0 atom stereocenters. The van der Waals surface area contributed by atoms with E-state index in [0.717, 1.165) is 89.7 Å². The van der Waals surface area contributed by atoms with E-state index in [1.165, 1.54) is 0 Å². The Balaban J connectivity index is 0.879. The standard InChI is InChI=1S/C56H38N4O2/c1-3-13-44(14-4-1)59(47-35-29-42(30-36-47)55-57-50-18-8-11-21-53(50)61-55)46-33-27-40(28-34-46)39-23-25-41(26-24-39)49-17-7-10-20-52(49)60(45-15-5-2-6-16-45)48-37-31-43(32-38-48)56-58-51-19-9-12-22-54(51)62-56/h1-38H. The molecule has 11 rings (SSSR count). The SMILES string of the molecule is c1ccc(N(c2ccc(-c3ccc(-c4ccccc4N(c4ccccc4)c4ccc(-c5nc6ccccc6o5)cc4)cc3)cc2)c2ccc(-c3nc4ccccc4o3)cc2)cc1. The number of anilines is 6. The van der Waals surface area contributed by atoms with Crippen molar-refractivity contribution >= 4 is 56.3 Å². The molecule has 0 unspecified atom stereocenters. The Hall–Kier alpha value is -8.48. The van der Waals surface area contributed by atoms with Crippen LogP contribution in [-0.2, 0) is 0 Å². The molecular formula is C56H38N4O2. The van der Waals surface area contributed by atoms with Gasteiger partial charge in [0.05, 0.1) is 5.69 Å². The molecule has 0 aliphatic rings. The van der Waals surface area contributed by atoms with Crippen molar-refractivity contribution in [3.8, 4) is 45.2 Å². The number of hydrogen-bond acceptors (Lipinski definition) is 6. The van der Waals surface area contributed by atoms with E-state index in [-0.39, 0.29) is 0 Å². The Morgan fingerprint density at radius 3 is 1.13 bits per heavy atom. The Morgan fingerprint density at radius 1 is 0.274 bits per heavy atom. The minimum Gasteiger partial charge on any atom is -0.436 e. The van der Waals surface area contributed by atoms with Gasteiger partial charge in [0.25, 0.3) is 0 Å². The molecule has 0 bridgehead atoms. The van der Waals surface area contributed by atoms with Crippen LogP contribution in [-0.4, -0.2) is 9.97 Å². The zero-order chi connectivity index (χ0) is 41.2. The molecule has 9 aromatic carbocycles. The summed E-state index contributed by atoms with van der Waals surface area (Å²) in [6.07, 6.45) is 0. The number of oxazole rings is 2. The molecule has 294 valence electrons. The van der Waals surface area contributed by atoms with Crippen molar-refractivity contribution in [1.82, 2.24) is 9.97 Å². The van der Waals surface area contributed by atoms with Crippen LogP contribution in [0.5, 0.6) is 0 Å². The van der Waals surface area contributed by atoms with Crippen molar-refractivity contribution in [2.45, 2.75) is 0 Å². The van der Waals surface area contributed by atoms with Gasteiger partial charge in [-0.1, -0.05) is 115 Å². The first-order chi connectivity index (χ1) is 30.7. The molecule has 0 spiro atoms. The number of aromatic nitrogens is 2. The van der Waals surface area contributed by atoms with E-state index >= 15 is 0 Å². The second-order valence-corrected chi connectivity index (χ2v) is 15.1. The summed E-state index contributed by atoms with van der Waals surface area (Å²) in [5.74, 6) is 1.22. The van der Waals surface area contributed by atoms with E-state index in [9.17, 15) is 0 Å². The quantitative estimate of drug-likeness (QED) is 0.137. The van der Waals surface area contributed by atoms with Gasteiger partial charge in [0.1, 0.15) is 11.0 Å². The molecule has 0 aliphatic carbocycles. The van der Waals surface area contributed by atoms with Crippen molar-refractivity contribution in [2.24, 2.45) is 0 Å². The second kappa shape index (κ2) is 15.9. The van der Waals surface area contributed by atoms with Crippen LogP contribution in [0.25, 0.3) is 67.4 Å².